The molecule has 8 bridgehead atoms. The molecule has 1 aliphatic carbocycles. The van der Waals surface area contributed by atoms with Crippen LogP contribution in [-0.4, -0.2) is 60.3 Å². The van der Waals surface area contributed by atoms with E-state index in [1.807, 2.05) is 45.1 Å². The molecule has 10 nitrogen and oxygen atoms in total. The molecule has 2 saturated heterocycles. The number of hydrogen-bond acceptors (Lipinski definition) is 6. The summed E-state index contributed by atoms with van der Waals surface area (Å²) in [6, 6.07) is 0. The zero-order valence-electron chi connectivity index (χ0n) is 38.4. The molecule has 11 heteroatoms. The van der Waals surface area contributed by atoms with Crippen molar-refractivity contribution in [2.45, 2.75) is 127 Å². The molecular formula is C50H64MgN4O6-2. The van der Waals surface area contributed by atoms with E-state index in [2.05, 4.69) is 41.5 Å². The summed E-state index contributed by atoms with van der Waals surface area (Å²) in [7, 11) is 1.28. The number of ketones is 2. The Balaban J connectivity index is 0.00000704. The van der Waals surface area contributed by atoms with E-state index < -0.39 is 11.9 Å². The first-order valence-electron chi connectivity index (χ1n) is 22.2. The molecule has 0 radical (unpaired) electrons. The molecule has 0 aromatic carbocycles. The van der Waals surface area contributed by atoms with Gasteiger partial charge >= 0.3 is 35.0 Å². The van der Waals surface area contributed by atoms with Gasteiger partial charge in [-0.1, -0.05) is 114 Å². The van der Waals surface area contributed by atoms with E-state index in [-0.39, 0.29) is 77.3 Å². The Bertz CT molecular complexity index is 2180. The van der Waals surface area contributed by atoms with E-state index in [0.717, 1.165) is 42.1 Å². The molecule has 2 fully saturated rings. The van der Waals surface area contributed by atoms with E-state index in [1.54, 1.807) is 6.92 Å². The first-order valence-corrected chi connectivity index (χ1v) is 22.2. The first-order chi connectivity index (χ1) is 28.6. The number of nitrogens with zero attached hydrogens (tertiary/aromatic N) is 4. The Labute approximate surface area is 379 Å². The van der Waals surface area contributed by atoms with Gasteiger partial charge in [0.25, 0.3) is 0 Å². The number of fused-ring (bicyclic) bond motifs is 7. The van der Waals surface area contributed by atoms with Crippen LogP contribution in [0.4, 0.5) is 0 Å². The number of carbonyl (C=O) groups is 4. The van der Waals surface area contributed by atoms with Gasteiger partial charge in [-0.15, -0.1) is 22.8 Å². The number of Topliss-reactive ketones (excluding diaryl/α,β-unsaturated/α-hetero) is 2. The van der Waals surface area contributed by atoms with Gasteiger partial charge in [0, 0.05) is 17.5 Å². The van der Waals surface area contributed by atoms with Crippen LogP contribution >= 0.6 is 0 Å². The van der Waals surface area contributed by atoms with Crippen LogP contribution in [0.3, 0.4) is 0 Å². The van der Waals surface area contributed by atoms with Gasteiger partial charge in [0.05, 0.1) is 7.11 Å². The molecule has 6 atom stereocenters. The minimum absolute atomic E-state index is 0. The third kappa shape index (κ3) is 10.1. The van der Waals surface area contributed by atoms with Crippen LogP contribution in [0.2, 0.25) is 0 Å². The number of carbonyl (C=O) groups excluding carboxylic acids is 4. The predicted octanol–water partition coefficient (Wildman–Crippen LogP) is 11.1. The summed E-state index contributed by atoms with van der Waals surface area (Å²) < 4.78 is 11.0. The molecule has 0 N–H and O–H groups in total. The van der Waals surface area contributed by atoms with Crippen molar-refractivity contribution in [2.75, 3.05) is 13.7 Å². The monoisotopic (exact) mass is 840 g/mol. The maximum absolute atomic E-state index is 14.3. The van der Waals surface area contributed by atoms with Crippen LogP contribution < -0.4 is 9.97 Å². The summed E-state index contributed by atoms with van der Waals surface area (Å²) in [5.74, 6) is -1.71. The summed E-state index contributed by atoms with van der Waals surface area (Å²) in [5, 5.41) is 10.3. The van der Waals surface area contributed by atoms with Gasteiger partial charge in [-0.3, -0.25) is 19.2 Å². The standard InChI is InChI=1S/C50H66N4O6.Mg/c1-12-34-29(6)36-25-41-43(33(10)55)31(8)38(52-41)23-37-30(7)35(19-20-42(56)60-22-21-28(5)18-14-17-27(4)16-13-15-26(2)3)47(53-37)45-46(50(58)59-11)49(57)44-32(9)39(54-48(44)45)24-40(34)51-36;/h21,23-27,29-30,34-35,46H,12-20,22H2,1-11H3,(H2-2,51,52,53,54,55,57);/q-2;+2/p-2/b28-21-,37-23-,40-24-;/t27-,29-,30+,34-,35+,46-;/m1./s1. The molecule has 2 aromatic rings. The molecule has 61 heavy (non-hydrogen) atoms. The van der Waals surface area contributed by atoms with Crippen molar-refractivity contribution in [3.8, 4) is 0 Å². The second kappa shape index (κ2) is 20.4. The van der Waals surface area contributed by atoms with Gasteiger partial charge in [0.2, 0.25) is 0 Å². The second-order valence-electron chi connectivity index (χ2n) is 18.1. The average molecular weight is 841 g/mol. The van der Waals surface area contributed by atoms with Crippen molar-refractivity contribution in [2.24, 2.45) is 41.4 Å². The molecular weight excluding hydrogens is 777 g/mol. The largest absolute Gasteiger partial charge is 2.00 e. The molecule has 0 amide bonds. The number of aromatic nitrogens is 2. The van der Waals surface area contributed by atoms with E-state index in [1.165, 1.54) is 38.4 Å². The number of allylic oxidation sites excluding steroid dienone is 5. The fourth-order valence-electron chi connectivity index (χ4n) is 9.64. The minimum atomic E-state index is -1.24. The number of methoxy groups -OCH3 is 1. The van der Waals surface area contributed by atoms with E-state index in [4.69, 9.17) is 30.1 Å². The summed E-state index contributed by atoms with van der Waals surface area (Å²) in [6.07, 6.45) is 16.2. The van der Waals surface area contributed by atoms with E-state index in [9.17, 15) is 19.2 Å². The van der Waals surface area contributed by atoms with Gasteiger partial charge < -0.3 is 30.1 Å². The molecule has 4 aliphatic rings. The van der Waals surface area contributed by atoms with Crippen molar-refractivity contribution in [1.82, 2.24) is 9.97 Å². The molecule has 6 rings (SSSR count). The zero-order chi connectivity index (χ0) is 43.6. The Kier molecular flexibility index (Phi) is 16.0. The third-order valence-electron chi connectivity index (χ3n) is 13.4. The summed E-state index contributed by atoms with van der Waals surface area (Å²) in [5.41, 5.74) is 9.08. The van der Waals surface area contributed by atoms with Crippen LogP contribution in [-0.2, 0) is 19.1 Å². The second-order valence-corrected chi connectivity index (χ2v) is 18.1. The van der Waals surface area contributed by atoms with Gasteiger partial charge in [-0.25, -0.2) is 0 Å². The van der Waals surface area contributed by atoms with Gasteiger partial charge in [0.1, 0.15) is 12.5 Å². The predicted molar refractivity (Wildman–Crippen MR) is 243 cm³/mol. The summed E-state index contributed by atoms with van der Waals surface area (Å²) in [4.78, 5) is 64.4. The van der Waals surface area contributed by atoms with Gasteiger partial charge in [-0.05, 0) is 88.5 Å². The maximum Gasteiger partial charge on any atom is 2.00 e. The van der Waals surface area contributed by atoms with Crippen LogP contribution in [0.15, 0.2) is 34.4 Å². The van der Waals surface area contributed by atoms with Crippen molar-refractivity contribution in [3.63, 3.8) is 0 Å². The van der Waals surface area contributed by atoms with E-state index in [0.29, 0.717) is 68.8 Å². The minimum Gasteiger partial charge on any atom is -0.664 e. The summed E-state index contributed by atoms with van der Waals surface area (Å²) in [6.45, 7) is 20.8. The summed E-state index contributed by atoms with van der Waals surface area (Å²) >= 11 is 0. The SMILES string of the molecule is CC[C@H]1/C2=C/c3[n-]c4c(c3C)C(=O)[C@H](C(=O)OC)/C4=C3/[N-]/C(=C\c4[n-]c(c(C(C)=O)c4C)/C=C(\[N-]2)[C@@H]1C)[C@@H](C)[C@@H]3CCC(=O)OC/C=C(/C)CCC[C@H](C)CCCC(C)C.[Mg+2]. The van der Waals surface area contributed by atoms with Crippen molar-refractivity contribution < 1.29 is 28.7 Å². The molecule has 324 valence electrons. The van der Waals surface area contributed by atoms with Gasteiger partial charge in [0.15, 0.2) is 11.6 Å². The number of ether oxygens (including phenoxy) is 2. The van der Waals surface area contributed by atoms with Crippen molar-refractivity contribution in [1.29, 1.82) is 0 Å². The van der Waals surface area contributed by atoms with Gasteiger partial charge in [-0.2, -0.15) is 22.8 Å². The molecule has 0 spiro atoms. The number of esters is 2. The normalized spacial score (nSPS) is 26.0. The molecule has 0 unspecified atom stereocenters. The topological polar surface area (TPSA) is 143 Å². The molecule has 2 aromatic heterocycles. The van der Waals surface area contributed by atoms with Crippen LogP contribution in [0, 0.1) is 55.3 Å². The zero-order valence-corrected chi connectivity index (χ0v) is 39.8. The molecule has 0 saturated carbocycles. The van der Waals surface area contributed by atoms with Crippen LogP contribution in [0.25, 0.3) is 34.4 Å². The third-order valence-corrected chi connectivity index (χ3v) is 13.4. The molecule has 5 heterocycles. The van der Waals surface area contributed by atoms with Crippen molar-refractivity contribution in [3.05, 3.63) is 90.1 Å². The van der Waals surface area contributed by atoms with Crippen molar-refractivity contribution >= 4 is 70.4 Å². The molecule has 3 aliphatic heterocycles. The maximum atomic E-state index is 14.3. The average Bonchev–Trinajstić information content (AvgIpc) is 3.94. The van der Waals surface area contributed by atoms with Crippen LogP contribution in [0.1, 0.15) is 168 Å². The fourth-order valence-corrected chi connectivity index (χ4v) is 9.64. The Morgan fingerprint density at radius 2 is 1.46 bits per heavy atom. The fraction of sp³-hybridized carbons (Fsp3) is 0.560. The Morgan fingerprint density at radius 3 is 2.13 bits per heavy atom. The van der Waals surface area contributed by atoms with E-state index >= 15 is 0 Å². The number of rotatable bonds is 16. The van der Waals surface area contributed by atoms with Crippen LogP contribution in [0.5, 0.6) is 0 Å². The smallest absolute Gasteiger partial charge is 0.664 e. The number of hydrogen-bond donors (Lipinski definition) is 0. The Morgan fingerprint density at radius 1 is 0.820 bits per heavy atom. The quantitative estimate of drug-likeness (QED) is 0.0534. The Hall–Kier alpha value is -4.09. The first kappa shape index (κ1) is 47.9.